The van der Waals surface area contributed by atoms with Crippen LogP contribution in [0.15, 0.2) is 46.2 Å². The number of rotatable bonds is 6. The molecule has 1 heterocycles. The minimum atomic E-state index is -3.70. The van der Waals surface area contributed by atoms with E-state index in [-0.39, 0.29) is 28.9 Å². The van der Waals surface area contributed by atoms with E-state index in [1.54, 1.807) is 18.2 Å². The highest BCUT2D eigenvalue weighted by molar-refractivity contribution is 7.99. The van der Waals surface area contributed by atoms with Crippen LogP contribution in [0.25, 0.3) is 0 Å². The largest absolute Gasteiger partial charge is 0.495 e. The molecule has 0 aliphatic carbocycles. The van der Waals surface area contributed by atoms with Gasteiger partial charge in [0.05, 0.1) is 29.1 Å². The van der Waals surface area contributed by atoms with E-state index in [2.05, 4.69) is 10.6 Å². The first kappa shape index (κ1) is 22.2. The van der Waals surface area contributed by atoms with Crippen molar-refractivity contribution in [3.8, 4) is 5.75 Å². The van der Waals surface area contributed by atoms with Crippen molar-refractivity contribution in [3.05, 3.63) is 42.0 Å². The second kappa shape index (κ2) is 9.09. The molecule has 2 aromatic carbocycles. The molecule has 1 aliphatic heterocycles. The van der Waals surface area contributed by atoms with Gasteiger partial charge in [-0.25, -0.2) is 8.42 Å². The fourth-order valence-electron chi connectivity index (χ4n) is 2.95. The summed E-state index contributed by atoms with van der Waals surface area (Å²) in [5.74, 6) is 0.0727. The number of thioether (sulfide) groups is 1. The number of amides is 2. The standard InChI is InChI=1S/C21H24N2O5S2/c1-13-4-6-18(28-3)16(10-13)22-20(24)8-9-30(26,27)15-5-7-19-17(11-15)23-21(25)14(2)12-29-19/h4-7,10-11,14H,8-9,12H2,1-3H3,(H,22,24)(H,23,25)/t14-/m0/s1. The Morgan fingerprint density at radius 2 is 2.03 bits per heavy atom. The lowest BCUT2D eigenvalue weighted by atomic mass is 10.2. The Hall–Kier alpha value is -2.52. The second-order valence-electron chi connectivity index (χ2n) is 7.18. The van der Waals surface area contributed by atoms with E-state index in [1.807, 2.05) is 19.9 Å². The molecule has 0 spiro atoms. The molecule has 2 N–H and O–H groups in total. The molecular formula is C21H24N2O5S2. The SMILES string of the molecule is COc1ccc(C)cc1NC(=O)CCS(=O)(=O)c1ccc2c(c1)NC(=O)[C@@H](C)CS2. The number of aryl methyl sites for hydroxylation is 1. The Labute approximate surface area is 180 Å². The monoisotopic (exact) mass is 448 g/mol. The summed E-state index contributed by atoms with van der Waals surface area (Å²) < 4.78 is 30.7. The van der Waals surface area contributed by atoms with Gasteiger partial charge in [-0.05, 0) is 42.8 Å². The molecule has 160 valence electrons. The number of sulfone groups is 1. The lowest BCUT2D eigenvalue weighted by Gasteiger charge is -2.12. The van der Waals surface area contributed by atoms with Crippen molar-refractivity contribution in [2.45, 2.75) is 30.1 Å². The van der Waals surface area contributed by atoms with E-state index >= 15 is 0 Å². The molecule has 1 atom stereocenters. The number of ether oxygens (including phenoxy) is 1. The third-order valence-corrected chi connectivity index (χ3v) is 7.78. The predicted octanol–water partition coefficient (Wildman–Crippen LogP) is 3.49. The van der Waals surface area contributed by atoms with Gasteiger partial charge in [0.2, 0.25) is 11.8 Å². The Balaban J connectivity index is 1.70. The molecule has 0 saturated heterocycles. The highest BCUT2D eigenvalue weighted by Crippen LogP contribution is 2.34. The molecule has 3 rings (SSSR count). The number of hydrogen-bond acceptors (Lipinski definition) is 6. The number of carbonyl (C=O) groups excluding carboxylic acids is 2. The Morgan fingerprint density at radius 3 is 2.77 bits per heavy atom. The summed E-state index contributed by atoms with van der Waals surface area (Å²) in [7, 11) is -2.20. The van der Waals surface area contributed by atoms with Crippen LogP contribution >= 0.6 is 11.8 Å². The van der Waals surface area contributed by atoms with Crippen LogP contribution in [0.1, 0.15) is 18.9 Å². The van der Waals surface area contributed by atoms with Crippen molar-refractivity contribution < 1.29 is 22.7 Å². The molecular weight excluding hydrogens is 424 g/mol. The van der Waals surface area contributed by atoms with Gasteiger partial charge in [-0.2, -0.15) is 0 Å². The average molecular weight is 449 g/mol. The predicted molar refractivity (Wildman–Crippen MR) is 118 cm³/mol. The summed E-state index contributed by atoms with van der Waals surface area (Å²) in [6.45, 7) is 3.71. The number of fused-ring (bicyclic) bond motifs is 1. The van der Waals surface area contributed by atoms with Crippen molar-refractivity contribution in [1.29, 1.82) is 0 Å². The van der Waals surface area contributed by atoms with Crippen molar-refractivity contribution >= 4 is 44.8 Å². The Bertz CT molecular complexity index is 1080. The maximum Gasteiger partial charge on any atom is 0.228 e. The van der Waals surface area contributed by atoms with Gasteiger partial charge in [-0.15, -0.1) is 11.8 Å². The Kier molecular flexibility index (Phi) is 6.72. The van der Waals surface area contributed by atoms with Gasteiger partial charge in [0.15, 0.2) is 9.84 Å². The maximum atomic E-state index is 12.8. The van der Waals surface area contributed by atoms with Crippen LogP contribution in [0.5, 0.6) is 5.75 Å². The third kappa shape index (κ3) is 5.14. The second-order valence-corrected chi connectivity index (χ2v) is 10.4. The number of anilines is 2. The number of methoxy groups -OCH3 is 1. The van der Waals surface area contributed by atoms with E-state index in [1.165, 1.54) is 31.0 Å². The first-order chi connectivity index (χ1) is 14.2. The van der Waals surface area contributed by atoms with Gasteiger partial charge in [0.1, 0.15) is 5.75 Å². The minimum Gasteiger partial charge on any atom is -0.495 e. The van der Waals surface area contributed by atoms with Gasteiger partial charge < -0.3 is 15.4 Å². The molecule has 30 heavy (non-hydrogen) atoms. The van der Waals surface area contributed by atoms with Crippen LogP contribution in [-0.2, 0) is 19.4 Å². The van der Waals surface area contributed by atoms with Crippen molar-refractivity contribution in [2.24, 2.45) is 5.92 Å². The molecule has 0 aromatic heterocycles. The lowest BCUT2D eigenvalue weighted by molar-refractivity contribution is -0.118. The summed E-state index contributed by atoms with van der Waals surface area (Å²) in [6, 6.07) is 10.0. The summed E-state index contributed by atoms with van der Waals surface area (Å²) in [5, 5.41) is 5.49. The van der Waals surface area contributed by atoms with Gasteiger partial charge in [-0.3, -0.25) is 9.59 Å². The Morgan fingerprint density at radius 1 is 1.27 bits per heavy atom. The quantitative estimate of drug-likeness (QED) is 0.702. The van der Waals surface area contributed by atoms with Crippen LogP contribution in [0.2, 0.25) is 0 Å². The van der Waals surface area contributed by atoms with Crippen LogP contribution in [0, 0.1) is 12.8 Å². The first-order valence-electron chi connectivity index (χ1n) is 9.44. The summed E-state index contributed by atoms with van der Waals surface area (Å²) in [4.78, 5) is 25.3. The van der Waals surface area contributed by atoms with Crippen molar-refractivity contribution in [1.82, 2.24) is 0 Å². The van der Waals surface area contributed by atoms with E-state index in [0.29, 0.717) is 22.9 Å². The van der Waals surface area contributed by atoms with Crippen LogP contribution in [0.4, 0.5) is 11.4 Å². The highest BCUT2D eigenvalue weighted by Gasteiger charge is 2.23. The third-order valence-electron chi connectivity index (χ3n) is 4.73. The summed E-state index contributed by atoms with van der Waals surface area (Å²) >= 11 is 1.51. The topological polar surface area (TPSA) is 102 Å². The molecule has 7 nitrogen and oxygen atoms in total. The van der Waals surface area contributed by atoms with E-state index < -0.39 is 15.7 Å². The van der Waals surface area contributed by atoms with Gasteiger partial charge in [-0.1, -0.05) is 13.0 Å². The zero-order chi connectivity index (χ0) is 21.9. The van der Waals surface area contributed by atoms with E-state index in [0.717, 1.165) is 10.5 Å². The zero-order valence-electron chi connectivity index (χ0n) is 17.0. The molecule has 0 unspecified atom stereocenters. The molecule has 0 fully saturated rings. The molecule has 0 radical (unpaired) electrons. The molecule has 2 amide bonds. The first-order valence-corrected chi connectivity index (χ1v) is 12.1. The van der Waals surface area contributed by atoms with Crippen LogP contribution in [-0.4, -0.2) is 38.8 Å². The van der Waals surface area contributed by atoms with Crippen molar-refractivity contribution in [2.75, 3.05) is 29.2 Å². The minimum absolute atomic E-state index is 0.0811. The molecule has 0 saturated carbocycles. The molecule has 0 bridgehead atoms. The smallest absolute Gasteiger partial charge is 0.228 e. The fourth-order valence-corrected chi connectivity index (χ4v) is 5.22. The van der Waals surface area contributed by atoms with Crippen LogP contribution in [0.3, 0.4) is 0 Å². The lowest BCUT2D eigenvalue weighted by Crippen LogP contribution is -2.20. The van der Waals surface area contributed by atoms with Gasteiger partial charge >= 0.3 is 0 Å². The van der Waals surface area contributed by atoms with Gasteiger partial charge in [0, 0.05) is 23.0 Å². The number of nitrogens with one attached hydrogen (secondary N) is 2. The number of benzene rings is 2. The molecule has 1 aliphatic rings. The van der Waals surface area contributed by atoms with Crippen molar-refractivity contribution in [3.63, 3.8) is 0 Å². The van der Waals surface area contributed by atoms with E-state index in [4.69, 9.17) is 4.74 Å². The normalized spacial score (nSPS) is 16.2. The van der Waals surface area contributed by atoms with Crippen LogP contribution < -0.4 is 15.4 Å². The number of carbonyl (C=O) groups is 2. The molecule has 2 aromatic rings. The van der Waals surface area contributed by atoms with Gasteiger partial charge in [0.25, 0.3) is 0 Å². The fraction of sp³-hybridized carbons (Fsp3) is 0.333. The van der Waals surface area contributed by atoms with E-state index in [9.17, 15) is 18.0 Å². The maximum absolute atomic E-state index is 12.8. The summed E-state index contributed by atoms with van der Waals surface area (Å²) in [6.07, 6.45) is -0.200. The summed E-state index contributed by atoms with van der Waals surface area (Å²) in [5.41, 5.74) is 1.93. The number of hydrogen-bond donors (Lipinski definition) is 2. The zero-order valence-corrected chi connectivity index (χ0v) is 18.7. The highest BCUT2D eigenvalue weighted by atomic mass is 32.2. The molecule has 9 heteroatoms. The average Bonchev–Trinajstić information content (AvgIpc) is 2.84.